The highest BCUT2D eigenvalue weighted by molar-refractivity contribution is 6.31. The van der Waals surface area contributed by atoms with Gasteiger partial charge in [0.15, 0.2) is 0 Å². The smallest absolute Gasteiger partial charge is 0.0622 e. The molecule has 0 aromatic heterocycles. The van der Waals surface area contributed by atoms with E-state index in [1.54, 1.807) is 0 Å². The van der Waals surface area contributed by atoms with Crippen molar-refractivity contribution in [2.45, 2.75) is 39.5 Å². The van der Waals surface area contributed by atoms with Crippen LogP contribution in [0.5, 0.6) is 0 Å². The maximum absolute atomic E-state index is 9.54. The molecule has 0 unspecified atom stereocenters. The average Bonchev–Trinajstić information content (AvgIpc) is 3.30. The Hall–Kier alpha value is -5.98. The van der Waals surface area contributed by atoms with E-state index in [9.17, 15) is 5.48 Å². The summed E-state index contributed by atoms with van der Waals surface area (Å²) < 4.78 is 117. The summed E-state index contributed by atoms with van der Waals surface area (Å²) in [5, 5.41) is 7.08. The normalized spacial score (nSPS) is 15.7. The summed E-state index contributed by atoms with van der Waals surface area (Å²) in [6.07, 6.45) is 0. The van der Waals surface area contributed by atoms with Gasteiger partial charge in [-0.3, -0.25) is 0 Å². The van der Waals surface area contributed by atoms with Crippen LogP contribution >= 0.6 is 0 Å². The molecule has 248 valence electrons. The highest BCUT2D eigenvalue weighted by atomic mass is 14.3. The minimum Gasteiger partial charge on any atom is -0.0622 e. The topological polar surface area (TPSA) is 0 Å². The molecule has 0 heterocycles. The van der Waals surface area contributed by atoms with Gasteiger partial charge in [-0.1, -0.05) is 179 Å². The first-order valence-corrected chi connectivity index (χ1v) is 17.7. The van der Waals surface area contributed by atoms with Crippen LogP contribution in [0.25, 0.3) is 98.0 Å². The predicted octanol–water partition coefficient (Wildman–Crippen LogP) is 15.3. The quantitative estimate of drug-likeness (QED) is 0.126. The number of rotatable bonds is 5. The zero-order valence-corrected chi connectivity index (χ0v) is 29.2. The van der Waals surface area contributed by atoms with Crippen LogP contribution in [0.3, 0.4) is 0 Å². The van der Waals surface area contributed by atoms with E-state index in [0.29, 0.717) is 16.9 Å². The van der Waals surface area contributed by atoms with Crippen LogP contribution < -0.4 is 0 Å². The molecule has 0 aliphatic heterocycles. The van der Waals surface area contributed by atoms with Crippen molar-refractivity contribution in [3.05, 3.63) is 169 Å². The zero-order valence-electron chi connectivity index (χ0n) is 42.2. The van der Waals surface area contributed by atoms with Gasteiger partial charge in [0.05, 0.1) is 17.8 Å². The third kappa shape index (κ3) is 4.47. The second-order valence-corrected chi connectivity index (χ2v) is 14.2. The zero-order chi connectivity index (χ0) is 46.4. The minimum atomic E-state index is -0.705. The van der Waals surface area contributed by atoms with E-state index in [2.05, 4.69) is 88.4 Å². The van der Waals surface area contributed by atoms with Crippen LogP contribution in [0.4, 0.5) is 0 Å². The summed E-state index contributed by atoms with van der Waals surface area (Å²) in [4.78, 5) is 0. The second-order valence-electron chi connectivity index (χ2n) is 14.2. The van der Waals surface area contributed by atoms with Crippen LogP contribution in [0.15, 0.2) is 157 Å². The molecule has 0 atom stereocenters. The summed E-state index contributed by atoms with van der Waals surface area (Å²) >= 11 is 0. The van der Waals surface area contributed by atoms with Crippen molar-refractivity contribution >= 4 is 64.6 Å². The molecule has 52 heavy (non-hydrogen) atoms. The Kier molecular flexibility index (Phi) is 4.57. The Bertz CT molecular complexity index is 3650. The van der Waals surface area contributed by atoms with Crippen molar-refractivity contribution in [1.82, 2.24) is 0 Å². The van der Waals surface area contributed by atoms with Gasteiger partial charge >= 0.3 is 0 Å². The summed E-state index contributed by atoms with van der Waals surface area (Å²) in [7, 11) is 0. The van der Waals surface area contributed by atoms with Crippen molar-refractivity contribution in [2.75, 3.05) is 0 Å². The van der Waals surface area contributed by atoms with E-state index < -0.39 is 84.1 Å². The molecular weight excluding hydrogens is 625 g/mol. The molecule has 0 fully saturated rings. The van der Waals surface area contributed by atoms with E-state index in [1.807, 2.05) is 18.2 Å². The van der Waals surface area contributed by atoms with Crippen molar-refractivity contribution < 1.29 is 17.8 Å². The van der Waals surface area contributed by atoms with Crippen molar-refractivity contribution in [3.8, 4) is 33.4 Å². The molecule has 0 amide bonds. The van der Waals surface area contributed by atoms with E-state index in [0.717, 1.165) is 49.0 Å². The van der Waals surface area contributed by atoms with Gasteiger partial charge in [-0.05, 0) is 127 Å². The first-order valence-electron chi connectivity index (χ1n) is 24.2. The molecule has 0 radical (unpaired) electrons. The standard InChI is InChI=1S/C52H40/c1-31(2)35-26-27-38(37-17-9-8-16-36(35)37)48-30-47(32(3)4)45-29-28-43-44(24-22-34-23-25-46(48)52(45)50(34)43)51-41-20-12-10-18-39(41)49(33-14-6-5-7-15-33)40-19-11-13-21-42(40)51/h5-32H,1-4H3/i5D,6D,7D,10D,11D,12D,13D,14D,15D,18D,19D,20D,21D. The first-order chi connectivity index (χ1) is 30.9. The lowest BCUT2D eigenvalue weighted by Crippen LogP contribution is -1.97. The average molecular weight is 678 g/mol. The Morgan fingerprint density at radius 3 is 1.60 bits per heavy atom. The number of hydrogen-bond acceptors (Lipinski definition) is 0. The third-order valence-electron chi connectivity index (χ3n) is 10.7. The third-order valence-corrected chi connectivity index (χ3v) is 10.7. The second kappa shape index (κ2) is 11.8. The highest BCUT2D eigenvalue weighted by Crippen LogP contribution is 2.49. The molecule has 0 N–H and O–H groups in total. The van der Waals surface area contributed by atoms with Crippen molar-refractivity contribution in [1.29, 1.82) is 0 Å². The van der Waals surface area contributed by atoms with Gasteiger partial charge in [0.1, 0.15) is 0 Å². The molecule has 10 aromatic carbocycles. The number of benzene rings is 10. The van der Waals surface area contributed by atoms with Gasteiger partial charge in [-0.15, -0.1) is 0 Å². The van der Waals surface area contributed by atoms with Crippen molar-refractivity contribution in [3.63, 3.8) is 0 Å². The fourth-order valence-corrected chi connectivity index (χ4v) is 8.42. The predicted molar refractivity (Wildman–Crippen MR) is 227 cm³/mol. The molecule has 10 aromatic rings. The van der Waals surface area contributed by atoms with Crippen LogP contribution in [0, 0.1) is 0 Å². The van der Waals surface area contributed by atoms with Gasteiger partial charge < -0.3 is 0 Å². The minimum absolute atomic E-state index is 0.106. The molecule has 0 bridgehead atoms. The van der Waals surface area contributed by atoms with Gasteiger partial charge in [-0.2, -0.15) is 0 Å². The Morgan fingerprint density at radius 1 is 0.385 bits per heavy atom. The summed E-state index contributed by atoms with van der Waals surface area (Å²) in [5.74, 6) is 0.425. The van der Waals surface area contributed by atoms with Gasteiger partial charge in [0, 0.05) is 0 Å². The van der Waals surface area contributed by atoms with Crippen molar-refractivity contribution in [2.24, 2.45) is 0 Å². The molecule has 0 saturated carbocycles. The summed E-state index contributed by atoms with van der Waals surface area (Å²) in [5.41, 5.74) is 4.33. The molecule has 0 heteroatoms. The molecular formula is C52H40. The van der Waals surface area contributed by atoms with Crippen LogP contribution in [0.1, 0.15) is 68.5 Å². The fraction of sp³-hybridized carbons (Fsp3) is 0.115. The lowest BCUT2D eigenvalue weighted by atomic mass is 9.80. The Balaban J connectivity index is 1.44. The number of hydrogen-bond donors (Lipinski definition) is 0. The monoisotopic (exact) mass is 677 g/mol. The Morgan fingerprint density at radius 2 is 0.923 bits per heavy atom. The maximum Gasteiger partial charge on any atom is 0.0629 e. The van der Waals surface area contributed by atoms with Gasteiger partial charge in [-0.25, -0.2) is 0 Å². The van der Waals surface area contributed by atoms with Crippen LogP contribution in [0.2, 0.25) is 0 Å². The van der Waals surface area contributed by atoms with Crippen LogP contribution in [-0.4, -0.2) is 0 Å². The molecule has 0 aliphatic carbocycles. The largest absolute Gasteiger partial charge is 0.0629 e. The van der Waals surface area contributed by atoms with E-state index >= 15 is 0 Å². The summed E-state index contributed by atoms with van der Waals surface area (Å²) in [6.45, 7) is 8.71. The van der Waals surface area contributed by atoms with E-state index in [-0.39, 0.29) is 38.6 Å². The summed E-state index contributed by atoms with van der Waals surface area (Å²) in [6, 6.07) is 19.0. The van der Waals surface area contributed by atoms with Crippen LogP contribution in [-0.2, 0) is 0 Å². The lowest BCUT2D eigenvalue weighted by Gasteiger charge is -2.23. The van der Waals surface area contributed by atoms with Gasteiger partial charge in [0.2, 0.25) is 0 Å². The molecule has 0 nitrogen and oxygen atoms in total. The molecule has 0 aliphatic rings. The Labute approximate surface area is 323 Å². The highest BCUT2D eigenvalue weighted by Gasteiger charge is 2.22. The SMILES string of the molecule is [2H]c1c([2H])c([2H])c(-c2c3c([2H])c([2H])c([2H])c([2H])c3c(-c3ccc4ccc5c(-c6ccc(C(C)C)c7ccccc67)cc(C(C)C)c6ccc3c4c56)c3c([2H])c([2H])c([2H])c([2H])c23)c([2H])c1[2H]. The fourth-order valence-electron chi connectivity index (χ4n) is 8.42. The van der Waals surface area contributed by atoms with Gasteiger partial charge in [0.25, 0.3) is 0 Å². The lowest BCUT2D eigenvalue weighted by molar-refractivity contribution is 0.876. The first kappa shape index (κ1) is 20.2. The van der Waals surface area contributed by atoms with E-state index in [4.69, 9.17) is 12.3 Å². The molecule has 0 saturated heterocycles. The number of fused-ring (bicyclic) bond motifs is 3. The molecule has 0 spiro atoms. The van der Waals surface area contributed by atoms with E-state index in [1.165, 1.54) is 10.9 Å². The maximum atomic E-state index is 9.54. The molecule has 10 rings (SSSR count).